The molecule has 1 fully saturated rings. The molecular weight excluding hydrogens is 519 g/mol. The van der Waals surface area contributed by atoms with Crippen LogP contribution < -0.4 is 15.4 Å². The van der Waals surface area contributed by atoms with Gasteiger partial charge in [0.25, 0.3) is 0 Å². The Balaban J connectivity index is 1.35. The summed E-state index contributed by atoms with van der Waals surface area (Å²) in [4.78, 5) is 37.6. The number of anilines is 1. The summed E-state index contributed by atoms with van der Waals surface area (Å²) >= 11 is 12.3. The summed E-state index contributed by atoms with van der Waals surface area (Å²) < 4.78 is 5.75. The number of amides is 2. The number of benzene rings is 3. The molecule has 1 aliphatic carbocycles. The maximum absolute atomic E-state index is 12.9. The van der Waals surface area contributed by atoms with Gasteiger partial charge < -0.3 is 25.6 Å². The first kappa shape index (κ1) is 26.3. The zero-order valence-corrected chi connectivity index (χ0v) is 21.1. The number of hydrogen-bond donors (Lipinski definition) is 4. The van der Waals surface area contributed by atoms with Gasteiger partial charge in [-0.15, -0.1) is 0 Å². The van der Waals surface area contributed by atoms with E-state index in [4.69, 9.17) is 27.9 Å². The van der Waals surface area contributed by atoms with Crippen molar-refractivity contribution in [3.05, 3.63) is 87.9 Å². The lowest BCUT2D eigenvalue weighted by atomic mass is 10.0. The van der Waals surface area contributed by atoms with Crippen molar-refractivity contribution in [2.75, 3.05) is 5.32 Å². The topological polar surface area (TPSA) is 125 Å². The molecule has 1 saturated carbocycles. The Morgan fingerprint density at radius 1 is 0.919 bits per heavy atom. The lowest BCUT2D eigenvalue weighted by Gasteiger charge is -2.20. The molecule has 0 aliphatic heterocycles. The molecule has 0 unspecified atom stereocenters. The molecule has 3 aromatic carbocycles. The molecular formula is C27H24Cl2N2O6. The van der Waals surface area contributed by atoms with E-state index in [9.17, 15) is 24.6 Å². The normalized spacial score (nSPS) is 14.3. The molecule has 0 spiro atoms. The molecule has 0 saturated heterocycles. The average molecular weight is 543 g/mol. The van der Waals surface area contributed by atoms with Crippen LogP contribution in [-0.2, 0) is 27.4 Å². The highest BCUT2D eigenvalue weighted by molar-refractivity contribution is 6.35. The molecule has 2 amide bonds. The van der Waals surface area contributed by atoms with E-state index in [2.05, 4.69) is 10.6 Å². The van der Waals surface area contributed by atoms with Gasteiger partial charge in [0.15, 0.2) is 0 Å². The molecule has 0 bridgehead atoms. The zero-order chi connectivity index (χ0) is 26.6. The van der Waals surface area contributed by atoms with E-state index < -0.39 is 29.2 Å². The van der Waals surface area contributed by atoms with Crippen molar-refractivity contribution in [3.8, 4) is 11.5 Å². The SMILES string of the molecule is O=C(O)[C@H](Cc1ccc(OCc2c(Cl)cccc2Cl)cc1)NC(=O)C1(C(=O)Nc2ccc(O)cc2)CC1. The van der Waals surface area contributed by atoms with Gasteiger partial charge in [-0.2, -0.15) is 0 Å². The van der Waals surface area contributed by atoms with Crippen molar-refractivity contribution in [2.45, 2.75) is 31.9 Å². The van der Waals surface area contributed by atoms with E-state index in [0.717, 1.165) is 0 Å². The molecule has 1 aliphatic rings. The second-order valence-corrected chi connectivity index (χ2v) is 9.60. The highest BCUT2D eigenvalue weighted by Crippen LogP contribution is 2.47. The number of aromatic hydroxyl groups is 1. The summed E-state index contributed by atoms with van der Waals surface area (Å²) in [7, 11) is 0. The number of carboxylic acid groups (broad SMARTS) is 1. The largest absolute Gasteiger partial charge is 0.508 e. The standard InChI is InChI=1S/C27H24Cl2N2O6/c28-21-2-1-3-22(29)20(21)15-37-19-10-4-16(5-11-19)14-23(24(33)34)31-26(36)27(12-13-27)25(35)30-17-6-8-18(32)9-7-17/h1-11,23,32H,12-15H2,(H,30,35)(H,31,36)(H,33,34)/t23-/m0/s1. The number of rotatable bonds is 10. The van der Waals surface area contributed by atoms with Crippen molar-refractivity contribution in [1.82, 2.24) is 5.32 Å². The van der Waals surface area contributed by atoms with Gasteiger partial charge in [-0.3, -0.25) is 9.59 Å². The average Bonchev–Trinajstić information content (AvgIpc) is 3.68. The maximum Gasteiger partial charge on any atom is 0.326 e. The van der Waals surface area contributed by atoms with Gasteiger partial charge in [-0.25, -0.2) is 4.79 Å². The molecule has 37 heavy (non-hydrogen) atoms. The molecule has 0 radical (unpaired) electrons. The Labute approximate surface area is 223 Å². The summed E-state index contributed by atoms with van der Waals surface area (Å²) in [5.74, 6) is -1.77. The van der Waals surface area contributed by atoms with Crippen LogP contribution in [0.5, 0.6) is 11.5 Å². The third-order valence-corrected chi connectivity index (χ3v) is 6.86. The van der Waals surface area contributed by atoms with Crippen molar-refractivity contribution in [2.24, 2.45) is 5.41 Å². The number of aliphatic carboxylic acids is 1. The number of phenols is 1. The highest BCUT2D eigenvalue weighted by Gasteiger charge is 2.57. The van der Waals surface area contributed by atoms with E-state index in [1.54, 1.807) is 42.5 Å². The third-order valence-electron chi connectivity index (χ3n) is 6.16. The monoisotopic (exact) mass is 542 g/mol. The van der Waals surface area contributed by atoms with Gasteiger partial charge in [0.2, 0.25) is 11.8 Å². The van der Waals surface area contributed by atoms with Crippen molar-refractivity contribution in [1.29, 1.82) is 0 Å². The number of phenolic OH excluding ortho intramolecular Hbond substituents is 1. The van der Waals surface area contributed by atoms with Crippen LogP contribution in [0.25, 0.3) is 0 Å². The Morgan fingerprint density at radius 2 is 1.54 bits per heavy atom. The lowest BCUT2D eigenvalue weighted by molar-refractivity contribution is -0.144. The minimum absolute atomic E-state index is 0.0212. The van der Waals surface area contributed by atoms with Crippen LogP contribution in [0.15, 0.2) is 66.7 Å². The minimum atomic E-state index is -1.32. The number of hydrogen-bond acceptors (Lipinski definition) is 5. The number of nitrogens with one attached hydrogen (secondary N) is 2. The van der Waals surface area contributed by atoms with Crippen molar-refractivity contribution >= 4 is 46.7 Å². The molecule has 8 nitrogen and oxygen atoms in total. The summed E-state index contributed by atoms with van der Waals surface area (Å²) in [6, 6.07) is 16.6. The zero-order valence-electron chi connectivity index (χ0n) is 19.5. The van der Waals surface area contributed by atoms with Crippen LogP contribution in [0.4, 0.5) is 5.69 Å². The van der Waals surface area contributed by atoms with E-state index in [-0.39, 0.29) is 18.8 Å². The molecule has 4 N–H and O–H groups in total. The minimum Gasteiger partial charge on any atom is -0.508 e. The van der Waals surface area contributed by atoms with E-state index in [1.807, 2.05) is 0 Å². The quantitative estimate of drug-likeness (QED) is 0.215. The smallest absolute Gasteiger partial charge is 0.326 e. The van der Waals surface area contributed by atoms with Gasteiger partial charge >= 0.3 is 5.97 Å². The van der Waals surface area contributed by atoms with Crippen LogP contribution in [0.3, 0.4) is 0 Å². The molecule has 192 valence electrons. The van der Waals surface area contributed by atoms with E-state index in [1.165, 1.54) is 24.3 Å². The second-order valence-electron chi connectivity index (χ2n) is 8.78. The first-order chi connectivity index (χ1) is 17.7. The fourth-order valence-corrected chi connectivity index (χ4v) is 4.26. The maximum atomic E-state index is 12.9. The number of halogens is 2. The van der Waals surface area contributed by atoms with E-state index in [0.29, 0.717) is 45.5 Å². The first-order valence-corrected chi connectivity index (χ1v) is 12.2. The number of ether oxygens (including phenoxy) is 1. The first-order valence-electron chi connectivity index (χ1n) is 11.5. The molecule has 4 rings (SSSR count). The second kappa shape index (κ2) is 11.1. The van der Waals surface area contributed by atoms with Gasteiger partial charge in [0.05, 0.1) is 0 Å². The van der Waals surface area contributed by atoms with Crippen LogP contribution in [0.1, 0.15) is 24.0 Å². The number of carbonyl (C=O) groups excluding carboxylic acids is 2. The summed E-state index contributed by atoms with van der Waals surface area (Å²) in [5.41, 5.74) is 0.431. The predicted molar refractivity (Wildman–Crippen MR) is 139 cm³/mol. The Hall–Kier alpha value is -3.75. The summed E-state index contributed by atoms with van der Waals surface area (Å²) in [6.45, 7) is 0.167. The van der Waals surface area contributed by atoms with Gasteiger partial charge in [-0.1, -0.05) is 41.4 Å². The molecule has 10 heteroatoms. The summed E-state index contributed by atoms with van der Waals surface area (Å²) in [5, 5.41) is 25.2. The number of carbonyl (C=O) groups is 3. The molecule has 0 heterocycles. The predicted octanol–water partition coefficient (Wildman–Crippen LogP) is 4.81. The van der Waals surface area contributed by atoms with E-state index >= 15 is 0 Å². The fourth-order valence-electron chi connectivity index (χ4n) is 3.76. The van der Waals surface area contributed by atoms with Crippen LogP contribution in [0.2, 0.25) is 10.0 Å². The van der Waals surface area contributed by atoms with Crippen molar-refractivity contribution < 1.29 is 29.3 Å². The van der Waals surface area contributed by atoms with Gasteiger partial charge in [0.1, 0.15) is 29.6 Å². The van der Waals surface area contributed by atoms with Crippen LogP contribution in [0, 0.1) is 5.41 Å². The van der Waals surface area contributed by atoms with Gasteiger partial charge in [-0.05, 0) is 66.9 Å². The summed E-state index contributed by atoms with van der Waals surface area (Å²) in [6.07, 6.45) is 0.653. The molecule has 1 atom stereocenters. The highest BCUT2D eigenvalue weighted by atomic mass is 35.5. The Bertz CT molecular complexity index is 1290. The molecule has 3 aromatic rings. The Kier molecular flexibility index (Phi) is 7.90. The third kappa shape index (κ3) is 6.34. The van der Waals surface area contributed by atoms with Gasteiger partial charge in [0, 0.05) is 27.7 Å². The lowest BCUT2D eigenvalue weighted by Crippen LogP contribution is -2.48. The van der Waals surface area contributed by atoms with Crippen molar-refractivity contribution in [3.63, 3.8) is 0 Å². The Morgan fingerprint density at radius 3 is 2.11 bits per heavy atom. The van der Waals surface area contributed by atoms with Crippen LogP contribution in [-0.4, -0.2) is 34.0 Å². The van der Waals surface area contributed by atoms with Crippen LogP contribution >= 0.6 is 23.2 Å². The number of carboxylic acids is 1. The fraction of sp³-hybridized carbons (Fsp3) is 0.222. The molecule has 0 aromatic heterocycles.